The van der Waals surface area contributed by atoms with E-state index in [0.29, 0.717) is 12.3 Å². The molecular formula is C13H21NO3. The molecule has 0 spiro atoms. The lowest BCUT2D eigenvalue weighted by Crippen LogP contribution is -2.41. The molecule has 0 fully saturated rings. The average molecular weight is 239 g/mol. The van der Waals surface area contributed by atoms with Crippen LogP contribution >= 0.6 is 0 Å². The van der Waals surface area contributed by atoms with Crippen LogP contribution in [0.2, 0.25) is 0 Å². The Morgan fingerprint density at radius 2 is 1.82 bits per heavy atom. The Kier molecular flexibility index (Phi) is 4.32. The van der Waals surface area contributed by atoms with Crippen LogP contribution in [-0.4, -0.2) is 12.1 Å². The molecule has 17 heavy (non-hydrogen) atoms. The highest BCUT2D eigenvalue weighted by Crippen LogP contribution is 2.23. The maximum Gasteiger partial charge on any atom is 0.272 e. The van der Waals surface area contributed by atoms with Gasteiger partial charge in [-0.1, -0.05) is 20.3 Å². The van der Waals surface area contributed by atoms with E-state index in [0.717, 1.165) is 19.3 Å². The van der Waals surface area contributed by atoms with Crippen LogP contribution in [-0.2, 0) is 0 Å². The Morgan fingerprint density at radius 1 is 1.18 bits per heavy atom. The standard InChI is InChI=1S/C13H21NO3/c1-5-7-8-17-12-9(10(15)11(12)16)14-13(3,4)6-2/h14H,5-8H2,1-4H3. The molecule has 0 heterocycles. The summed E-state index contributed by atoms with van der Waals surface area (Å²) in [7, 11) is 0. The van der Waals surface area contributed by atoms with Gasteiger partial charge in [0.1, 0.15) is 5.69 Å². The topological polar surface area (TPSA) is 55.4 Å². The Hall–Kier alpha value is -1.32. The van der Waals surface area contributed by atoms with Crippen molar-refractivity contribution in [2.45, 2.75) is 52.5 Å². The number of hydrogen-bond acceptors (Lipinski definition) is 4. The smallest absolute Gasteiger partial charge is 0.272 e. The van der Waals surface area contributed by atoms with Crippen molar-refractivity contribution in [3.05, 3.63) is 20.4 Å². The van der Waals surface area contributed by atoms with Crippen LogP contribution in [0.1, 0.15) is 47.0 Å². The molecule has 0 saturated heterocycles. The SMILES string of the molecule is CCCCOc1c(NC(C)(C)CC)c(=O)c1=O. The van der Waals surface area contributed by atoms with E-state index in [1.54, 1.807) is 0 Å². The highest BCUT2D eigenvalue weighted by Gasteiger charge is 2.27. The normalized spacial score (nSPS) is 11.8. The van der Waals surface area contributed by atoms with E-state index >= 15 is 0 Å². The van der Waals surface area contributed by atoms with Gasteiger partial charge in [0.2, 0.25) is 0 Å². The van der Waals surface area contributed by atoms with Crippen molar-refractivity contribution in [3.63, 3.8) is 0 Å². The van der Waals surface area contributed by atoms with Crippen LogP contribution < -0.4 is 20.9 Å². The Morgan fingerprint density at radius 3 is 2.35 bits per heavy atom. The zero-order valence-corrected chi connectivity index (χ0v) is 11.1. The average Bonchev–Trinajstić information content (AvgIpc) is 2.32. The summed E-state index contributed by atoms with van der Waals surface area (Å²) < 4.78 is 5.35. The summed E-state index contributed by atoms with van der Waals surface area (Å²) in [6.45, 7) is 8.53. The first-order valence-electron chi connectivity index (χ1n) is 6.17. The molecule has 0 bridgehead atoms. The summed E-state index contributed by atoms with van der Waals surface area (Å²) in [6, 6.07) is 0. The maximum atomic E-state index is 11.4. The molecule has 0 amide bonds. The fourth-order valence-corrected chi connectivity index (χ4v) is 1.37. The lowest BCUT2D eigenvalue weighted by Gasteiger charge is -2.27. The third-order valence-electron chi connectivity index (χ3n) is 2.96. The molecule has 0 aliphatic heterocycles. The number of anilines is 1. The number of ether oxygens (including phenoxy) is 1. The van der Waals surface area contributed by atoms with Crippen molar-refractivity contribution in [3.8, 4) is 5.75 Å². The van der Waals surface area contributed by atoms with Gasteiger partial charge < -0.3 is 10.1 Å². The van der Waals surface area contributed by atoms with Crippen molar-refractivity contribution in [2.75, 3.05) is 11.9 Å². The van der Waals surface area contributed by atoms with Gasteiger partial charge in [-0.25, -0.2) is 0 Å². The van der Waals surface area contributed by atoms with Crippen LogP contribution in [0.4, 0.5) is 5.69 Å². The molecule has 1 aromatic rings. The van der Waals surface area contributed by atoms with Crippen molar-refractivity contribution in [1.82, 2.24) is 0 Å². The second kappa shape index (κ2) is 5.34. The fourth-order valence-electron chi connectivity index (χ4n) is 1.37. The highest BCUT2D eigenvalue weighted by atomic mass is 16.5. The van der Waals surface area contributed by atoms with E-state index < -0.39 is 10.9 Å². The van der Waals surface area contributed by atoms with E-state index in [2.05, 4.69) is 5.32 Å². The minimum Gasteiger partial charge on any atom is -0.487 e. The second-order valence-corrected chi connectivity index (χ2v) is 4.93. The molecule has 1 rings (SSSR count). The summed E-state index contributed by atoms with van der Waals surface area (Å²) in [5.74, 6) is 0.213. The van der Waals surface area contributed by atoms with E-state index in [1.807, 2.05) is 27.7 Å². The first-order chi connectivity index (χ1) is 7.93. The minimum absolute atomic E-state index is 0.203. The van der Waals surface area contributed by atoms with Gasteiger partial charge in [-0.05, 0) is 26.7 Å². The van der Waals surface area contributed by atoms with Crippen LogP contribution in [0.5, 0.6) is 5.75 Å². The molecule has 0 aliphatic rings. The number of unbranched alkanes of at least 4 members (excludes halogenated alkanes) is 1. The van der Waals surface area contributed by atoms with Gasteiger partial charge in [-0.3, -0.25) is 9.59 Å². The largest absolute Gasteiger partial charge is 0.487 e. The first kappa shape index (κ1) is 13.7. The number of rotatable bonds is 7. The van der Waals surface area contributed by atoms with Crippen molar-refractivity contribution < 1.29 is 4.74 Å². The lowest BCUT2D eigenvalue weighted by molar-refractivity contribution is 0.303. The van der Waals surface area contributed by atoms with Crippen LogP contribution in [0.25, 0.3) is 0 Å². The molecule has 0 radical (unpaired) electrons. The predicted molar refractivity (Wildman–Crippen MR) is 69.7 cm³/mol. The maximum absolute atomic E-state index is 11.4. The van der Waals surface area contributed by atoms with Crippen molar-refractivity contribution >= 4 is 5.69 Å². The summed E-state index contributed by atoms with van der Waals surface area (Å²) in [6.07, 6.45) is 2.74. The highest BCUT2D eigenvalue weighted by molar-refractivity contribution is 5.62. The van der Waals surface area contributed by atoms with Crippen LogP contribution in [0.3, 0.4) is 0 Å². The minimum atomic E-state index is -0.504. The van der Waals surface area contributed by atoms with Crippen LogP contribution in [0.15, 0.2) is 9.59 Å². The molecule has 1 N–H and O–H groups in total. The lowest BCUT2D eigenvalue weighted by atomic mass is 10.0. The van der Waals surface area contributed by atoms with Gasteiger partial charge in [0.15, 0.2) is 5.75 Å². The monoisotopic (exact) mass is 239 g/mol. The van der Waals surface area contributed by atoms with Gasteiger partial charge in [-0.2, -0.15) is 0 Å². The van der Waals surface area contributed by atoms with Gasteiger partial charge in [0, 0.05) is 5.54 Å². The molecule has 4 heteroatoms. The molecular weight excluding hydrogens is 218 g/mol. The van der Waals surface area contributed by atoms with E-state index in [-0.39, 0.29) is 11.3 Å². The molecule has 1 aromatic carbocycles. The Labute approximate surface area is 102 Å². The summed E-state index contributed by atoms with van der Waals surface area (Å²) >= 11 is 0. The fraction of sp³-hybridized carbons (Fsp3) is 0.692. The number of hydrogen-bond donors (Lipinski definition) is 1. The number of nitrogens with one attached hydrogen (secondary N) is 1. The Balaban J connectivity index is 2.76. The molecule has 96 valence electrons. The summed E-state index contributed by atoms with van der Waals surface area (Å²) in [4.78, 5) is 22.8. The molecule has 0 aliphatic carbocycles. The van der Waals surface area contributed by atoms with Gasteiger partial charge in [-0.15, -0.1) is 0 Å². The first-order valence-corrected chi connectivity index (χ1v) is 6.17. The van der Waals surface area contributed by atoms with Gasteiger partial charge in [0.05, 0.1) is 6.61 Å². The predicted octanol–water partition coefficient (Wildman–Crippen LogP) is 2.06. The van der Waals surface area contributed by atoms with E-state index in [9.17, 15) is 9.59 Å². The van der Waals surface area contributed by atoms with Crippen molar-refractivity contribution in [2.24, 2.45) is 0 Å². The third kappa shape index (κ3) is 3.08. The van der Waals surface area contributed by atoms with E-state index in [1.165, 1.54) is 0 Å². The summed E-state index contributed by atoms with van der Waals surface area (Å²) in [5, 5.41) is 3.08. The second-order valence-electron chi connectivity index (χ2n) is 4.93. The van der Waals surface area contributed by atoms with Gasteiger partial charge >= 0.3 is 0 Å². The quantitative estimate of drug-likeness (QED) is 0.584. The van der Waals surface area contributed by atoms with Crippen LogP contribution in [0, 0.1) is 0 Å². The van der Waals surface area contributed by atoms with Gasteiger partial charge in [0.25, 0.3) is 10.9 Å². The zero-order valence-electron chi connectivity index (χ0n) is 11.1. The van der Waals surface area contributed by atoms with Crippen molar-refractivity contribution in [1.29, 1.82) is 0 Å². The molecule has 4 nitrogen and oxygen atoms in total. The third-order valence-corrected chi connectivity index (χ3v) is 2.96. The van der Waals surface area contributed by atoms with E-state index in [4.69, 9.17) is 4.74 Å². The molecule has 0 aromatic heterocycles. The summed E-state index contributed by atoms with van der Waals surface area (Å²) in [5.41, 5.74) is -0.822. The zero-order chi connectivity index (χ0) is 13.1. The molecule has 0 atom stereocenters. The molecule has 0 saturated carbocycles. The molecule has 0 unspecified atom stereocenters. The Bertz CT molecular complexity index is 441.